The fraction of sp³-hybridized carbons (Fsp3) is 0.615. The van der Waals surface area contributed by atoms with Crippen molar-refractivity contribution < 1.29 is 9.53 Å². The summed E-state index contributed by atoms with van der Waals surface area (Å²) < 4.78 is 4.50. The summed E-state index contributed by atoms with van der Waals surface area (Å²) >= 11 is 0. The molecule has 0 amide bonds. The van der Waals surface area contributed by atoms with Crippen molar-refractivity contribution in [1.82, 2.24) is 0 Å². The molecule has 0 bridgehead atoms. The summed E-state index contributed by atoms with van der Waals surface area (Å²) in [5, 5.41) is 0. The highest BCUT2D eigenvalue weighted by Gasteiger charge is 1.95. The summed E-state index contributed by atoms with van der Waals surface area (Å²) in [5.41, 5.74) is 0. The zero-order valence-corrected chi connectivity index (χ0v) is 9.41. The lowest BCUT2D eigenvalue weighted by atomic mass is 10.1. The summed E-state index contributed by atoms with van der Waals surface area (Å²) in [7, 11) is 0. The summed E-state index contributed by atoms with van der Waals surface area (Å²) in [6, 6.07) is 0. The van der Waals surface area contributed by atoms with Crippen LogP contribution in [0.15, 0.2) is 18.4 Å². The molecule has 0 aromatic carbocycles. The van der Waals surface area contributed by atoms with Crippen molar-refractivity contribution >= 4 is 6.47 Å². The molecule has 15 heavy (non-hydrogen) atoms. The van der Waals surface area contributed by atoms with Crippen LogP contribution >= 0.6 is 0 Å². The summed E-state index contributed by atoms with van der Waals surface area (Å²) in [4.78, 5) is 9.92. The van der Waals surface area contributed by atoms with Gasteiger partial charge in [-0.25, -0.2) is 0 Å². The lowest BCUT2D eigenvalue weighted by molar-refractivity contribution is -0.125. The first-order valence-corrected chi connectivity index (χ1v) is 5.63. The molecular weight excluding hydrogens is 188 g/mol. The molecular formula is C13H21O2. The average molecular weight is 209 g/mol. The van der Waals surface area contributed by atoms with Gasteiger partial charge in [0.15, 0.2) is 0 Å². The van der Waals surface area contributed by atoms with Gasteiger partial charge in [-0.05, 0) is 25.8 Å². The molecule has 1 radical (unpaired) electrons. The Balaban J connectivity index is 3.07. The zero-order valence-electron chi connectivity index (χ0n) is 9.41. The summed E-state index contributed by atoms with van der Waals surface area (Å²) in [6.07, 6.45) is 10.9. The topological polar surface area (TPSA) is 26.3 Å². The van der Waals surface area contributed by atoms with Crippen LogP contribution in [0.2, 0.25) is 0 Å². The molecule has 0 saturated carbocycles. The fourth-order valence-corrected chi connectivity index (χ4v) is 1.42. The van der Waals surface area contributed by atoms with Crippen LogP contribution in [-0.4, -0.2) is 6.47 Å². The molecule has 0 aliphatic heterocycles. The van der Waals surface area contributed by atoms with Crippen molar-refractivity contribution in [3.05, 3.63) is 25.0 Å². The van der Waals surface area contributed by atoms with Gasteiger partial charge in [0.2, 0.25) is 0 Å². The third kappa shape index (κ3) is 10.9. The highest BCUT2D eigenvalue weighted by molar-refractivity contribution is 5.39. The largest absolute Gasteiger partial charge is 0.433 e. The molecule has 0 spiro atoms. The van der Waals surface area contributed by atoms with E-state index in [9.17, 15) is 4.79 Å². The number of allylic oxidation sites excluding steroid dienone is 2. The summed E-state index contributed by atoms with van der Waals surface area (Å²) in [6.45, 7) is 9.48. The van der Waals surface area contributed by atoms with E-state index in [1.165, 1.54) is 25.7 Å². The van der Waals surface area contributed by atoms with E-state index in [2.05, 4.69) is 11.3 Å². The van der Waals surface area contributed by atoms with Crippen molar-refractivity contribution in [3.63, 3.8) is 0 Å². The van der Waals surface area contributed by atoms with E-state index >= 15 is 0 Å². The number of carbonyl (C=O) groups excluding carboxylic acids is 1. The van der Waals surface area contributed by atoms with Crippen LogP contribution in [0.4, 0.5) is 0 Å². The van der Waals surface area contributed by atoms with Crippen LogP contribution in [0, 0.1) is 6.58 Å². The van der Waals surface area contributed by atoms with E-state index in [1.807, 2.05) is 6.08 Å². The van der Waals surface area contributed by atoms with Crippen LogP contribution in [0.3, 0.4) is 0 Å². The third-order valence-electron chi connectivity index (χ3n) is 2.28. The van der Waals surface area contributed by atoms with Crippen molar-refractivity contribution in [2.75, 3.05) is 0 Å². The Hall–Kier alpha value is -1.05. The Morgan fingerprint density at radius 3 is 2.33 bits per heavy atom. The van der Waals surface area contributed by atoms with Crippen LogP contribution in [0.5, 0.6) is 0 Å². The molecule has 0 aromatic heterocycles. The van der Waals surface area contributed by atoms with Crippen LogP contribution < -0.4 is 0 Å². The molecule has 0 aliphatic rings. The van der Waals surface area contributed by atoms with Crippen molar-refractivity contribution in [2.45, 2.75) is 51.4 Å². The number of rotatable bonds is 11. The molecule has 0 rings (SSSR count). The van der Waals surface area contributed by atoms with Gasteiger partial charge < -0.3 is 4.74 Å². The normalized spacial score (nSPS) is 9.60. The number of carbonyl (C=O) groups is 1. The minimum absolute atomic E-state index is 0.330. The van der Waals surface area contributed by atoms with Gasteiger partial charge in [0, 0.05) is 6.42 Å². The SMILES string of the molecule is [CH]=C(CCCCCCCCC=C)OC=O. The average Bonchev–Trinajstić information content (AvgIpc) is 2.22. The number of unbranched alkanes of at least 4 members (excludes halogenated alkanes) is 6. The fourth-order valence-electron chi connectivity index (χ4n) is 1.42. The second-order valence-corrected chi connectivity index (χ2v) is 3.63. The van der Waals surface area contributed by atoms with Crippen LogP contribution in [0.1, 0.15) is 51.4 Å². The van der Waals surface area contributed by atoms with Gasteiger partial charge in [-0.1, -0.05) is 31.8 Å². The van der Waals surface area contributed by atoms with Crippen molar-refractivity contribution in [3.8, 4) is 0 Å². The minimum atomic E-state index is 0.330. The van der Waals surface area contributed by atoms with E-state index in [-0.39, 0.29) is 0 Å². The standard InChI is InChI=1S/C13H21O2/c1-3-4-5-6-7-8-9-10-11-13(2)15-12-14/h2-3,12H,1,4-11H2. The van der Waals surface area contributed by atoms with Crippen molar-refractivity contribution in [2.24, 2.45) is 0 Å². The molecule has 0 fully saturated rings. The Morgan fingerprint density at radius 1 is 1.13 bits per heavy atom. The second-order valence-electron chi connectivity index (χ2n) is 3.63. The van der Waals surface area contributed by atoms with E-state index in [0.717, 1.165) is 19.3 Å². The maximum atomic E-state index is 9.92. The highest BCUT2D eigenvalue weighted by atomic mass is 16.5. The molecule has 2 nitrogen and oxygen atoms in total. The van der Waals surface area contributed by atoms with Gasteiger partial charge in [0.05, 0.1) is 0 Å². The lowest BCUT2D eigenvalue weighted by Crippen LogP contribution is -1.88. The molecule has 0 unspecified atom stereocenters. The van der Waals surface area contributed by atoms with E-state index in [1.54, 1.807) is 0 Å². The number of ether oxygens (including phenoxy) is 1. The molecule has 0 saturated heterocycles. The van der Waals surface area contributed by atoms with Gasteiger partial charge >= 0.3 is 0 Å². The quantitative estimate of drug-likeness (QED) is 0.224. The molecule has 0 N–H and O–H groups in total. The predicted molar refractivity (Wildman–Crippen MR) is 62.1 cm³/mol. The Kier molecular flexibility index (Phi) is 10.3. The highest BCUT2D eigenvalue weighted by Crippen LogP contribution is 2.11. The first kappa shape index (κ1) is 13.9. The van der Waals surface area contributed by atoms with Crippen molar-refractivity contribution in [1.29, 1.82) is 0 Å². The second kappa shape index (κ2) is 11.0. The number of hydrogen-bond acceptors (Lipinski definition) is 2. The monoisotopic (exact) mass is 209 g/mol. The number of hydrogen-bond donors (Lipinski definition) is 0. The van der Waals surface area contributed by atoms with Gasteiger partial charge in [0.1, 0.15) is 5.76 Å². The predicted octanol–water partition coefficient (Wildman–Crippen LogP) is 3.78. The Bertz CT molecular complexity index is 185. The molecule has 2 heteroatoms. The molecule has 0 heterocycles. The Labute approximate surface area is 93.0 Å². The molecule has 0 aliphatic carbocycles. The van der Waals surface area contributed by atoms with Crippen LogP contribution in [-0.2, 0) is 9.53 Å². The first-order chi connectivity index (χ1) is 7.31. The van der Waals surface area contributed by atoms with E-state index < -0.39 is 0 Å². The van der Waals surface area contributed by atoms with Gasteiger partial charge in [-0.15, -0.1) is 6.58 Å². The van der Waals surface area contributed by atoms with Crippen LogP contribution in [0.25, 0.3) is 0 Å². The lowest BCUT2D eigenvalue weighted by Gasteiger charge is -2.02. The third-order valence-corrected chi connectivity index (χ3v) is 2.28. The van der Waals surface area contributed by atoms with Gasteiger partial charge in [-0.3, -0.25) is 4.79 Å². The van der Waals surface area contributed by atoms with Gasteiger partial charge in [0.25, 0.3) is 6.47 Å². The first-order valence-electron chi connectivity index (χ1n) is 5.63. The smallest absolute Gasteiger partial charge is 0.298 e. The molecule has 0 atom stereocenters. The maximum Gasteiger partial charge on any atom is 0.298 e. The Morgan fingerprint density at radius 2 is 1.73 bits per heavy atom. The van der Waals surface area contributed by atoms with E-state index in [0.29, 0.717) is 18.7 Å². The summed E-state index contributed by atoms with van der Waals surface area (Å²) in [5.74, 6) is 0.330. The minimum Gasteiger partial charge on any atom is -0.433 e. The van der Waals surface area contributed by atoms with E-state index in [4.69, 9.17) is 6.58 Å². The van der Waals surface area contributed by atoms with Gasteiger partial charge in [-0.2, -0.15) is 0 Å². The maximum absolute atomic E-state index is 9.92. The molecule has 85 valence electrons. The molecule has 0 aromatic rings. The zero-order chi connectivity index (χ0) is 11.4.